The van der Waals surface area contributed by atoms with Crippen molar-refractivity contribution in [1.29, 1.82) is 0 Å². The standard InChI is InChI=1S/C29H27Cl2N3O4S/c1-4-29(27(37)38,34-24-23(25(35)28(24,2)3)39-19-8-6-5-7-9-19)14-17-10-12-18(13-11-17)33-26(36)22-20(30)15-32-16-21(22)31/h5-13,15-16,34H,4,14H2,1-3H3,(H,33,36)(H,37,38)/t29-/m0/s1. The number of pyridine rings is 1. The number of aliphatic carboxylic acids is 1. The Balaban J connectivity index is 1.56. The van der Waals surface area contributed by atoms with Crippen LogP contribution in [0, 0.1) is 5.41 Å². The number of nitrogens with zero attached hydrogens (tertiary/aromatic N) is 1. The minimum absolute atomic E-state index is 0.0243. The lowest BCUT2D eigenvalue weighted by Crippen LogP contribution is -2.58. The summed E-state index contributed by atoms with van der Waals surface area (Å²) in [5.74, 6) is -1.53. The predicted octanol–water partition coefficient (Wildman–Crippen LogP) is 6.62. The van der Waals surface area contributed by atoms with Crippen LogP contribution in [0.1, 0.15) is 43.1 Å². The number of allylic oxidation sites excluding steroid dienone is 2. The number of anilines is 1. The van der Waals surface area contributed by atoms with E-state index in [1.54, 1.807) is 45.0 Å². The Labute approximate surface area is 241 Å². The third-order valence-corrected chi connectivity index (χ3v) is 8.44. The monoisotopic (exact) mass is 583 g/mol. The lowest BCUT2D eigenvalue weighted by Gasteiger charge is -2.44. The number of hydrogen-bond acceptors (Lipinski definition) is 6. The van der Waals surface area contributed by atoms with Gasteiger partial charge in [0.1, 0.15) is 5.54 Å². The topological polar surface area (TPSA) is 108 Å². The average molecular weight is 585 g/mol. The fourth-order valence-electron chi connectivity index (χ4n) is 4.30. The van der Waals surface area contributed by atoms with Crippen molar-refractivity contribution in [2.24, 2.45) is 5.41 Å². The molecule has 10 heteroatoms. The van der Waals surface area contributed by atoms with Gasteiger partial charge in [0.05, 0.1) is 25.9 Å². The molecule has 39 heavy (non-hydrogen) atoms. The highest BCUT2D eigenvalue weighted by Crippen LogP contribution is 2.49. The quantitative estimate of drug-likeness (QED) is 0.246. The van der Waals surface area contributed by atoms with E-state index in [9.17, 15) is 19.5 Å². The molecule has 1 aliphatic rings. The van der Waals surface area contributed by atoms with Gasteiger partial charge in [0.15, 0.2) is 5.78 Å². The molecule has 202 valence electrons. The first-order chi connectivity index (χ1) is 18.5. The van der Waals surface area contributed by atoms with Crippen LogP contribution in [0.25, 0.3) is 0 Å². The molecular weight excluding hydrogens is 557 g/mol. The molecule has 3 aromatic rings. The number of carboxylic acids is 1. The first kappa shape index (κ1) is 28.7. The second kappa shape index (κ2) is 11.4. The van der Waals surface area contributed by atoms with Crippen molar-refractivity contribution in [2.45, 2.75) is 44.0 Å². The van der Waals surface area contributed by atoms with E-state index in [0.717, 1.165) is 10.5 Å². The van der Waals surface area contributed by atoms with Gasteiger partial charge in [-0.15, -0.1) is 0 Å². The molecule has 0 fully saturated rings. The number of rotatable bonds is 10. The molecule has 0 saturated carbocycles. The first-order valence-corrected chi connectivity index (χ1v) is 13.8. The van der Waals surface area contributed by atoms with Gasteiger partial charge < -0.3 is 15.7 Å². The van der Waals surface area contributed by atoms with Gasteiger partial charge in [-0.2, -0.15) is 0 Å². The van der Waals surface area contributed by atoms with Crippen molar-refractivity contribution < 1.29 is 19.5 Å². The molecule has 1 atom stereocenters. The van der Waals surface area contributed by atoms with E-state index in [4.69, 9.17) is 23.2 Å². The van der Waals surface area contributed by atoms with E-state index < -0.39 is 22.8 Å². The zero-order valence-corrected chi connectivity index (χ0v) is 23.9. The second-order valence-corrected chi connectivity index (χ2v) is 11.6. The van der Waals surface area contributed by atoms with Gasteiger partial charge in [0.25, 0.3) is 5.91 Å². The zero-order chi connectivity index (χ0) is 28.4. The predicted molar refractivity (Wildman–Crippen MR) is 154 cm³/mol. The number of carbonyl (C=O) groups is 3. The summed E-state index contributed by atoms with van der Waals surface area (Å²) in [6, 6.07) is 16.4. The first-order valence-electron chi connectivity index (χ1n) is 12.2. The van der Waals surface area contributed by atoms with E-state index in [1.165, 1.54) is 24.2 Å². The Morgan fingerprint density at radius 3 is 2.21 bits per heavy atom. The number of benzene rings is 2. The SMILES string of the molecule is CC[C@@](Cc1ccc(NC(=O)c2c(Cl)cncc2Cl)cc1)(NC1=C(Sc2ccccc2)C(=O)C1(C)C)C(=O)O. The van der Waals surface area contributed by atoms with Gasteiger partial charge in [-0.25, -0.2) is 4.79 Å². The van der Waals surface area contributed by atoms with Crippen LogP contribution in [-0.2, 0) is 16.0 Å². The number of nitrogens with one attached hydrogen (secondary N) is 2. The van der Waals surface area contributed by atoms with Crippen LogP contribution in [0.5, 0.6) is 0 Å². The fraction of sp³-hybridized carbons (Fsp3) is 0.241. The molecule has 1 aliphatic carbocycles. The highest BCUT2D eigenvalue weighted by atomic mass is 35.5. The minimum atomic E-state index is -1.35. The minimum Gasteiger partial charge on any atom is -0.479 e. The number of carbonyl (C=O) groups excluding carboxylic acids is 2. The normalized spacial score (nSPS) is 15.8. The lowest BCUT2D eigenvalue weighted by atomic mass is 9.73. The number of hydrogen-bond donors (Lipinski definition) is 3. The number of carboxylic acid groups (broad SMARTS) is 1. The summed E-state index contributed by atoms with van der Waals surface area (Å²) in [6.07, 6.45) is 3.11. The summed E-state index contributed by atoms with van der Waals surface area (Å²) in [7, 11) is 0. The van der Waals surface area contributed by atoms with E-state index in [1.807, 2.05) is 30.3 Å². The number of amides is 1. The summed E-state index contributed by atoms with van der Waals surface area (Å²) < 4.78 is 0. The molecule has 0 saturated heterocycles. The summed E-state index contributed by atoms with van der Waals surface area (Å²) in [6.45, 7) is 5.40. The molecular formula is C29H27Cl2N3O4S. The molecule has 1 heterocycles. The van der Waals surface area contributed by atoms with Crippen LogP contribution in [0.15, 0.2) is 82.5 Å². The van der Waals surface area contributed by atoms with E-state index in [-0.39, 0.29) is 34.2 Å². The van der Waals surface area contributed by atoms with Crippen LogP contribution in [0.2, 0.25) is 10.0 Å². The zero-order valence-electron chi connectivity index (χ0n) is 21.5. The van der Waals surface area contributed by atoms with E-state index >= 15 is 0 Å². The van der Waals surface area contributed by atoms with Crippen molar-refractivity contribution in [3.05, 3.63) is 98.8 Å². The molecule has 0 spiro atoms. The summed E-state index contributed by atoms with van der Waals surface area (Å²) >= 11 is 13.5. The molecule has 0 radical (unpaired) electrons. The maximum absolute atomic E-state index is 12.9. The highest BCUT2D eigenvalue weighted by Gasteiger charge is 2.51. The Kier molecular flexibility index (Phi) is 8.39. The van der Waals surface area contributed by atoms with E-state index in [0.29, 0.717) is 16.3 Å². The highest BCUT2D eigenvalue weighted by molar-refractivity contribution is 8.04. The number of thioether (sulfide) groups is 1. The number of halogens is 2. The van der Waals surface area contributed by atoms with Crippen LogP contribution >= 0.6 is 35.0 Å². The number of Topliss-reactive ketones (excluding diaryl/α,β-unsaturated/α-hetero) is 1. The molecule has 0 bridgehead atoms. The number of ketones is 1. The van der Waals surface area contributed by atoms with Crippen LogP contribution in [-0.4, -0.2) is 33.3 Å². The Bertz CT molecular complexity index is 1440. The molecule has 0 aliphatic heterocycles. The van der Waals surface area contributed by atoms with Crippen molar-refractivity contribution >= 4 is 58.3 Å². The third kappa shape index (κ3) is 5.83. The Hall–Kier alpha value is -3.33. The van der Waals surface area contributed by atoms with Gasteiger partial charge in [0, 0.05) is 35.1 Å². The van der Waals surface area contributed by atoms with Crippen molar-refractivity contribution in [1.82, 2.24) is 10.3 Å². The van der Waals surface area contributed by atoms with Crippen molar-refractivity contribution in [3.63, 3.8) is 0 Å². The van der Waals surface area contributed by atoms with Crippen molar-refractivity contribution in [3.8, 4) is 0 Å². The molecule has 1 aromatic heterocycles. The maximum Gasteiger partial charge on any atom is 0.329 e. The summed E-state index contributed by atoms with van der Waals surface area (Å²) in [5.41, 5.74) is -0.192. The smallest absolute Gasteiger partial charge is 0.329 e. The van der Waals surface area contributed by atoms with Gasteiger partial charge in [-0.1, -0.05) is 72.2 Å². The Morgan fingerprint density at radius 2 is 1.64 bits per heavy atom. The van der Waals surface area contributed by atoms with Crippen molar-refractivity contribution in [2.75, 3.05) is 5.32 Å². The molecule has 0 unspecified atom stereocenters. The van der Waals surface area contributed by atoms with Gasteiger partial charge in [-0.3, -0.25) is 14.6 Å². The third-order valence-electron chi connectivity index (χ3n) is 6.76. The van der Waals surface area contributed by atoms with Gasteiger partial charge >= 0.3 is 5.97 Å². The molecule has 1 amide bonds. The number of aromatic nitrogens is 1. The largest absolute Gasteiger partial charge is 0.479 e. The fourth-order valence-corrected chi connectivity index (χ4v) is 6.12. The molecule has 4 rings (SSSR count). The Morgan fingerprint density at radius 1 is 1.03 bits per heavy atom. The average Bonchev–Trinajstić information content (AvgIpc) is 2.91. The van der Waals surface area contributed by atoms with Crippen LogP contribution in [0.4, 0.5) is 5.69 Å². The molecule has 2 aromatic carbocycles. The lowest BCUT2D eigenvalue weighted by molar-refractivity contribution is -0.145. The van der Waals surface area contributed by atoms with Gasteiger partial charge in [0.2, 0.25) is 0 Å². The van der Waals surface area contributed by atoms with Crippen LogP contribution in [0.3, 0.4) is 0 Å². The molecule has 3 N–H and O–H groups in total. The molecule has 7 nitrogen and oxygen atoms in total. The van der Waals surface area contributed by atoms with E-state index in [2.05, 4.69) is 15.6 Å². The van der Waals surface area contributed by atoms with Crippen LogP contribution < -0.4 is 10.6 Å². The van der Waals surface area contributed by atoms with Gasteiger partial charge in [-0.05, 0) is 50.1 Å². The maximum atomic E-state index is 12.9. The summed E-state index contributed by atoms with van der Waals surface area (Å²) in [5, 5.41) is 16.6. The second-order valence-electron chi connectivity index (χ2n) is 9.75. The summed E-state index contributed by atoms with van der Waals surface area (Å²) in [4.78, 5) is 43.6.